The highest BCUT2D eigenvalue weighted by Gasteiger charge is 2.21. The Labute approximate surface area is 142 Å². The summed E-state index contributed by atoms with van der Waals surface area (Å²) in [6, 6.07) is 11.7. The van der Waals surface area contributed by atoms with Gasteiger partial charge in [0.05, 0.1) is 5.56 Å². The van der Waals surface area contributed by atoms with Crippen molar-refractivity contribution in [1.82, 2.24) is 15.6 Å². The fraction of sp³-hybridized carbons (Fsp3) is 0.368. The number of para-hydroxylation sites is 1. The van der Waals surface area contributed by atoms with E-state index in [1.165, 1.54) is 5.56 Å². The largest absolute Gasteiger partial charge is 0.488 e. The Morgan fingerprint density at radius 2 is 2.04 bits per heavy atom. The van der Waals surface area contributed by atoms with Crippen LogP contribution in [0.5, 0.6) is 5.75 Å². The van der Waals surface area contributed by atoms with E-state index in [4.69, 9.17) is 4.74 Å². The van der Waals surface area contributed by atoms with Gasteiger partial charge in [0.2, 0.25) is 0 Å². The van der Waals surface area contributed by atoms with Crippen molar-refractivity contribution in [2.45, 2.75) is 25.4 Å². The lowest BCUT2D eigenvalue weighted by Crippen LogP contribution is -2.31. The number of aromatic nitrogens is 1. The average Bonchev–Trinajstić information content (AvgIpc) is 3.04. The van der Waals surface area contributed by atoms with Crippen molar-refractivity contribution in [2.75, 3.05) is 19.6 Å². The predicted molar refractivity (Wildman–Crippen MR) is 93.2 cm³/mol. The van der Waals surface area contributed by atoms with Gasteiger partial charge in [-0.1, -0.05) is 18.2 Å². The van der Waals surface area contributed by atoms with Gasteiger partial charge in [0.15, 0.2) is 0 Å². The molecule has 2 N–H and O–H groups in total. The van der Waals surface area contributed by atoms with E-state index >= 15 is 0 Å². The molecule has 0 saturated heterocycles. The number of unbranched alkanes of at least 4 members (excludes halogenated alkanes) is 1. The maximum atomic E-state index is 11.8. The average molecular weight is 325 g/mol. The summed E-state index contributed by atoms with van der Waals surface area (Å²) < 4.78 is 5.89. The molecule has 1 amide bonds. The lowest BCUT2D eigenvalue weighted by atomic mass is 10.1. The van der Waals surface area contributed by atoms with E-state index < -0.39 is 0 Å². The summed E-state index contributed by atoms with van der Waals surface area (Å²) in [7, 11) is 0. The number of hydrogen-bond acceptors (Lipinski definition) is 4. The molecule has 1 aliphatic heterocycles. The van der Waals surface area contributed by atoms with E-state index in [-0.39, 0.29) is 12.0 Å². The molecule has 2 heterocycles. The molecule has 0 bridgehead atoms. The number of carbonyl (C=O) groups is 1. The quantitative estimate of drug-likeness (QED) is 0.730. The van der Waals surface area contributed by atoms with Crippen molar-refractivity contribution in [3.05, 3.63) is 59.9 Å². The maximum Gasteiger partial charge on any atom is 0.252 e. The second-order valence-corrected chi connectivity index (χ2v) is 5.96. The second-order valence-electron chi connectivity index (χ2n) is 5.96. The Morgan fingerprint density at radius 3 is 2.88 bits per heavy atom. The fourth-order valence-electron chi connectivity index (χ4n) is 2.81. The number of hydrogen-bond donors (Lipinski definition) is 2. The summed E-state index contributed by atoms with van der Waals surface area (Å²) in [4.78, 5) is 15.8. The van der Waals surface area contributed by atoms with Crippen LogP contribution in [0.1, 0.15) is 28.8 Å². The highest BCUT2D eigenvalue weighted by atomic mass is 16.5. The zero-order chi connectivity index (χ0) is 16.6. The van der Waals surface area contributed by atoms with E-state index in [1.807, 2.05) is 12.1 Å². The molecule has 5 nitrogen and oxygen atoms in total. The van der Waals surface area contributed by atoms with Gasteiger partial charge in [-0.3, -0.25) is 9.78 Å². The molecule has 1 aliphatic rings. The van der Waals surface area contributed by atoms with Crippen LogP contribution in [0, 0.1) is 0 Å². The molecule has 0 radical (unpaired) electrons. The monoisotopic (exact) mass is 325 g/mol. The molecular formula is C19H23N3O2. The first-order valence-corrected chi connectivity index (χ1v) is 8.46. The van der Waals surface area contributed by atoms with Crippen molar-refractivity contribution in [2.24, 2.45) is 0 Å². The first kappa shape index (κ1) is 16.5. The van der Waals surface area contributed by atoms with Crippen LogP contribution in [0.25, 0.3) is 0 Å². The van der Waals surface area contributed by atoms with Gasteiger partial charge in [-0.2, -0.15) is 0 Å². The highest BCUT2D eigenvalue weighted by molar-refractivity contribution is 5.93. The normalized spacial score (nSPS) is 15.6. The molecule has 24 heavy (non-hydrogen) atoms. The summed E-state index contributed by atoms with van der Waals surface area (Å²) in [5.41, 5.74) is 1.90. The summed E-state index contributed by atoms with van der Waals surface area (Å²) in [6.07, 6.45) is 6.42. The van der Waals surface area contributed by atoms with Crippen molar-refractivity contribution in [3.8, 4) is 5.75 Å². The third-order valence-electron chi connectivity index (χ3n) is 4.08. The Balaban J connectivity index is 1.23. The van der Waals surface area contributed by atoms with Gasteiger partial charge in [0.25, 0.3) is 5.91 Å². The minimum atomic E-state index is -0.0619. The van der Waals surface area contributed by atoms with Gasteiger partial charge in [-0.25, -0.2) is 0 Å². The lowest BCUT2D eigenvalue weighted by Gasteiger charge is -2.12. The summed E-state index contributed by atoms with van der Waals surface area (Å²) >= 11 is 0. The van der Waals surface area contributed by atoms with Gasteiger partial charge in [0, 0.05) is 31.9 Å². The standard InChI is InChI=1S/C19H23N3O2/c23-19(16-7-5-10-20-13-16)22-11-4-3-9-21-14-17-12-15-6-1-2-8-18(15)24-17/h1-2,5-8,10,13,17,21H,3-4,9,11-12,14H2,(H,22,23). The van der Waals surface area contributed by atoms with Gasteiger partial charge in [0.1, 0.15) is 11.9 Å². The number of nitrogens with one attached hydrogen (secondary N) is 2. The van der Waals surface area contributed by atoms with E-state index in [0.29, 0.717) is 12.1 Å². The predicted octanol–water partition coefficient (Wildman–Crippen LogP) is 2.18. The van der Waals surface area contributed by atoms with Crippen molar-refractivity contribution in [1.29, 1.82) is 0 Å². The number of pyridine rings is 1. The lowest BCUT2D eigenvalue weighted by molar-refractivity contribution is 0.0952. The van der Waals surface area contributed by atoms with Gasteiger partial charge in [-0.05, 0) is 43.1 Å². The summed E-state index contributed by atoms with van der Waals surface area (Å²) in [6.45, 7) is 2.47. The Morgan fingerprint density at radius 1 is 1.17 bits per heavy atom. The van der Waals surface area contributed by atoms with Crippen molar-refractivity contribution in [3.63, 3.8) is 0 Å². The van der Waals surface area contributed by atoms with E-state index in [9.17, 15) is 4.79 Å². The minimum Gasteiger partial charge on any atom is -0.488 e. The molecule has 0 aliphatic carbocycles. The number of nitrogens with zero attached hydrogens (tertiary/aromatic N) is 1. The van der Waals surface area contributed by atoms with Crippen LogP contribution >= 0.6 is 0 Å². The van der Waals surface area contributed by atoms with Gasteiger partial charge < -0.3 is 15.4 Å². The van der Waals surface area contributed by atoms with E-state index in [1.54, 1.807) is 24.5 Å². The second kappa shape index (κ2) is 8.45. The summed E-state index contributed by atoms with van der Waals surface area (Å²) in [5.74, 6) is 0.954. The van der Waals surface area contributed by atoms with Crippen LogP contribution in [0.15, 0.2) is 48.8 Å². The van der Waals surface area contributed by atoms with Gasteiger partial charge >= 0.3 is 0 Å². The number of benzene rings is 1. The molecule has 1 atom stereocenters. The number of ether oxygens (including phenoxy) is 1. The van der Waals surface area contributed by atoms with Crippen molar-refractivity contribution < 1.29 is 9.53 Å². The van der Waals surface area contributed by atoms with E-state index in [0.717, 1.165) is 38.1 Å². The Bertz CT molecular complexity index is 636. The maximum absolute atomic E-state index is 11.8. The number of carbonyl (C=O) groups excluding carboxylic acids is 1. The first-order chi connectivity index (χ1) is 11.8. The van der Waals surface area contributed by atoms with Crippen LogP contribution in [0.3, 0.4) is 0 Å². The number of fused-ring (bicyclic) bond motifs is 1. The van der Waals surface area contributed by atoms with Crippen LogP contribution in [-0.2, 0) is 6.42 Å². The molecule has 2 aromatic rings. The number of rotatable bonds is 8. The zero-order valence-electron chi connectivity index (χ0n) is 13.7. The number of amides is 1. The Hall–Kier alpha value is -2.40. The molecule has 0 fully saturated rings. The van der Waals surface area contributed by atoms with Crippen LogP contribution in [-0.4, -0.2) is 36.6 Å². The highest BCUT2D eigenvalue weighted by Crippen LogP contribution is 2.27. The molecule has 1 unspecified atom stereocenters. The molecule has 0 saturated carbocycles. The minimum absolute atomic E-state index is 0.0619. The fourth-order valence-corrected chi connectivity index (χ4v) is 2.81. The topological polar surface area (TPSA) is 63.2 Å². The molecule has 0 spiro atoms. The summed E-state index contributed by atoms with van der Waals surface area (Å²) in [5, 5.41) is 6.35. The molecule has 1 aromatic carbocycles. The van der Waals surface area contributed by atoms with Gasteiger partial charge in [-0.15, -0.1) is 0 Å². The smallest absolute Gasteiger partial charge is 0.252 e. The molecule has 1 aromatic heterocycles. The molecular weight excluding hydrogens is 302 g/mol. The zero-order valence-corrected chi connectivity index (χ0v) is 13.7. The molecule has 5 heteroatoms. The molecule has 3 rings (SSSR count). The third-order valence-corrected chi connectivity index (χ3v) is 4.08. The third kappa shape index (κ3) is 4.55. The van der Waals surface area contributed by atoms with Crippen LogP contribution < -0.4 is 15.4 Å². The Kier molecular flexibility index (Phi) is 5.80. The van der Waals surface area contributed by atoms with Crippen LogP contribution in [0.2, 0.25) is 0 Å². The van der Waals surface area contributed by atoms with Crippen molar-refractivity contribution >= 4 is 5.91 Å². The van der Waals surface area contributed by atoms with Crippen LogP contribution in [0.4, 0.5) is 0 Å². The van der Waals surface area contributed by atoms with E-state index in [2.05, 4.69) is 27.8 Å². The SMILES string of the molecule is O=C(NCCCCNCC1Cc2ccccc2O1)c1cccnc1. The first-order valence-electron chi connectivity index (χ1n) is 8.46. The molecule has 126 valence electrons.